The van der Waals surface area contributed by atoms with Gasteiger partial charge in [0.25, 0.3) is 5.91 Å². The van der Waals surface area contributed by atoms with Gasteiger partial charge in [0.1, 0.15) is 0 Å². The molecule has 1 amide bonds. The van der Waals surface area contributed by atoms with Crippen molar-refractivity contribution in [1.82, 2.24) is 5.32 Å². The van der Waals surface area contributed by atoms with Crippen LogP contribution in [0.15, 0.2) is 16.6 Å². The highest BCUT2D eigenvalue weighted by Crippen LogP contribution is 2.22. The molecule has 0 aromatic heterocycles. The molecule has 0 saturated carbocycles. The van der Waals surface area contributed by atoms with E-state index in [1.807, 2.05) is 13.8 Å². The van der Waals surface area contributed by atoms with E-state index >= 15 is 0 Å². The highest BCUT2D eigenvalue weighted by molar-refractivity contribution is 9.10. The fraction of sp³-hybridized carbons (Fsp3) is 0.462. The molecule has 100 valence electrons. The highest BCUT2D eigenvalue weighted by Gasteiger charge is 2.18. The van der Waals surface area contributed by atoms with Gasteiger partial charge < -0.3 is 16.2 Å². The Hall–Kier alpha value is -1.07. The Morgan fingerprint density at radius 2 is 2.11 bits per heavy atom. The molecular weight excluding hydrogens is 296 g/mol. The summed E-state index contributed by atoms with van der Waals surface area (Å²) in [5.41, 5.74) is 7.67. The van der Waals surface area contributed by atoms with Crippen molar-refractivity contribution >= 4 is 27.5 Å². The van der Waals surface area contributed by atoms with Gasteiger partial charge in [-0.05, 0) is 30.5 Å². The van der Waals surface area contributed by atoms with E-state index in [1.54, 1.807) is 19.1 Å². The lowest BCUT2D eigenvalue weighted by Gasteiger charge is -2.20. The van der Waals surface area contributed by atoms with Crippen molar-refractivity contribution in [3.05, 3.63) is 27.7 Å². The molecule has 0 saturated heterocycles. The summed E-state index contributed by atoms with van der Waals surface area (Å²) in [4.78, 5) is 12.1. The van der Waals surface area contributed by atoms with Crippen LogP contribution in [0.5, 0.6) is 0 Å². The van der Waals surface area contributed by atoms with Gasteiger partial charge in [-0.3, -0.25) is 4.79 Å². The first-order chi connectivity index (χ1) is 8.36. The van der Waals surface area contributed by atoms with E-state index in [-0.39, 0.29) is 24.5 Å². The second kappa shape index (κ2) is 6.20. The fourth-order valence-corrected chi connectivity index (χ4v) is 2.08. The Balaban J connectivity index is 2.97. The molecule has 5 heteroatoms. The average Bonchev–Trinajstić information content (AvgIpc) is 2.29. The number of rotatable bonds is 4. The van der Waals surface area contributed by atoms with E-state index in [0.717, 1.165) is 10.0 Å². The first kappa shape index (κ1) is 15.0. The number of aliphatic hydroxyl groups excluding tert-OH is 1. The molecule has 0 fully saturated rings. The highest BCUT2D eigenvalue weighted by atomic mass is 79.9. The molecule has 0 aliphatic heterocycles. The van der Waals surface area contributed by atoms with Crippen molar-refractivity contribution in [1.29, 1.82) is 0 Å². The molecule has 1 rings (SSSR count). The van der Waals surface area contributed by atoms with Crippen LogP contribution in [-0.4, -0.2) is 23.7 Å². The third kappa shape index (κ3) is 3.46. The van der Waals surface area contributed by atoms with Crippen LogP contribution >= 0.6 is 15.9 Å². The van der Waals surface area contributed by atoms with Crippen LogP contribution in [0.25, 0.3) is 0 Å². The van der Waals surface area contributed by atoms with Gasteiger partial charge >= 0.3 is 0 Å². The van der Waals surface area contributed by atoms with Gasteiger partial charge in [0.05, 0.1) is 12.6 Å². The Bertz CT molecular complexity index is 447. The smallest absolute Gasteiger partial charge is 0.251 e. The summed E-state index contributed by atoms with van der Waals surface area (Å²) >= 11 is 3.32. The number of nitrogens with one attached hydrogen (secondary N) is 1. The molecule has 0 aliphatic rings. The molecule has 4 nitrogen and oxygen atoms in total. The number of anilines is 1. The molecule has 1 unspecified atom stereocenters. The molecule has 18 heavy (non-hydrogen) atoms. The molecular formula is C13H19BrN2O2. The quantitative estimate of drug-likeness (QED) is 0.745. The van der Waals surface area contributed by atoms with Crippen molar-refractivity contribution in [3.8, 4) is 0 Å². The lowest BCUT2D eigenvalue weighted by atomic mass is 10.0. The number of halogens is 1. The van der Waals surface area contributed by atoms with Crippen molar-refractivity contribution in [2.45, 2.75) is 26.8 Å². The minimum absolute atomic E-state index is 0.0774. The van der Waals surface area contributed by atoms with Gasteiger partial charge in [0.15, 0.2) is 0 Å². The molecule has 1 atom stereocenters. The number of amides is 1. The van der Waals surface area contributed by atoms with E-state index in [0.29, 0.717) is 11.3 Å². The van der Waals surface area contributed by atoms with Crippen LogP contribution in [0, 0.1) is 12.8 Å². The maximum absolute atomic E-state index is 12.1. The summed E-state index contributed by atoms with van der Waals surface area (Å²) in [5.74, 6) is -0.0444. The van der Waals surface area contributed by atoms with Crippen LogP contribution in [0.2, 0.25) is 0 Å². The summed E-state index contributed by atoms with van der Waals surface area (Å²) < 4.78 is 0.765. The number of carbonyl (C=O) groups is 1. The molecule has 1 aromatic carbocycles. The standard InChI is InChI=1S/C13H19BrN2O2/c1-7(2)12(6-17)16-13(18)10-4-9(14)5-11(15)8(10)3/h4-5,7,12,17H,6,15H2,1-3H3,(H,16,18). The molecule has 4 N–H and O–H groups in total. The number of benzene rings is 1. The van der Waals surface area contributed by atoms with Crippen LogP contribution in [0.3, 0.4) is 0 Å². The van der Waals surface area contributed by atoms with Gasteiger partial charge in [-0.25, -0.2) is 0 Å². The largest absolute Gasteiger partial charge is 0.398 e. The maximum Gasteiger partial charge on any atom is 0.251 e. The lowest BCUT2D eigenvalue weighted by molar-refractivity contribution is 0.0896. The minimum atomic E-state index is -0.253. The van der Waals surface area contributed by atoms with E-state index in [1.165, 1.54) is 0 Å². The Kier molecular flexibility index (Phi) is 5.16. The summed E-state index contributed by atoms with van der Waals surface area (Å²) in [6, 6.07) is 3.24. The number of aliphatic hydroxyl groups is 1. The zero-order chi connectivity index (χ0) is 13.9. The molecule has 0 radical (unpaired) electrons. The van der Waals surface area contributed by atoms with E-state index in [2.05, 4.69) is 21.2 Å². The monoisotopic (exact) mass is 314 g/mol. The zero-order valence-corrected chi connectivity index (χ0v) is 12.4. The number of carbonyl (C=O) groups excluding carboxylic acids is 1. The van der Waals surface area contributed by atoms with E-state index in [4.69, 9.17) is 5.73 Å². The number of hydrogen-bond acceptors (Lipinski definition) is 3. The second-order valence-corrected chi connectivity index (χ2v) is 5.59. The minimum Gasteiger partial charge on any atom is -0.398 e. The first-order valence-corrected chi connectivity index (χ1v) is 6.63. The predicted octanol–water partition coefficient (Wildman–Crippen LogP) is 2.09. The van der Waals surface area contributed by atoms with Crippen LogP contribution < -0.4 is 11.1 Å². The Morgan fingerprint density at radius 1 is 1.50 bits per heavy atom. The van der Waals surface area contributed by atoms with E-state index in [9.17, 15) is 9.90 Å². The lowest BCUT2D eigenvalue weighted by Crippen LogP contribution is -2.41. The zero-order valence-electron chi connectivity index (χ0n) is 10.8. The maximum atomic E-state index is 12.1. The van der Waals surface area contributed by atoms with Gasteiger partial charge in [0, 0.05) is 15.7 Å². The molecule has 0 aliphatic carbocycles. The molecule has 1 aromatic rings. The van der Waals surface area contributed by atoms with Gasteiger partial charge in [-0.15, -0.1) is 0 Å². The van der Waals surface area contributed by atoms with Crippen LogP contribution in [0.1, 0.15) is 29.8 Å². The molecule has 0 heterocycles. The first-order valence-electron chi connectivity index (χ1n) is 5.84. The SMILES string of the molecule is Cc1c(N)cc(Br)cc1C(=O)NC(CO)C(C)C. The van der Waals surface area contributed by atoms with Crippen molar-refractivity contribution in [2.24, 2.45) is 5.92 Å². The van der Waals surface area contributed by atoms with Gasteiger partial charge in [0.2, 0.25) is 0 Å². The predicted molar refractivity (Wildman–Crippen MR) is 76.5 cm³/mol. The third-order valence-electron chi connectivity index (χ3n) is 2.98. The number of nitrogens with two attached hydrogens (primary N) is 1. The fourth-order valence-electron chi connectivity index (χ4n) is 1.61. The van der Waals surface area contributed by atoms with Crippen molar-refractivity contribution < 1.29 is 9.90 Å². The molecule has 0 spiro atoms. The Morgan fingerprint density at radius 3 is 2.61 bits per heavy atom. The number of hydrogen-bond donors (Lipinski definition) is 3. The normalized spacial score (nSPS) is 12.6. The summed E-state index contributed by atoms with van der Waals surface area (Å²) in [6.45, 7) is 5.62. The average molecular weight is 315 g/mol. The van der Waals surface area contributed by atoms with Gasteiger partial charge in [-0.2, -0.15) is 0 Å². The summed E-state index contributed by atoms with van der Waals surface area (Å²) in [5, 5.41) is 12.0. The van der Waals surface area contributed by atoms with Crippen molar-refractivity contribution in [3.63, 3.8) is 0 Å². The van der Waals surface area contributed by atoms with Crippen LogP contribution in [-0.2, 0) is 0 Å². The Labute approximate surface area is 116 Å². The number of nitrogen functional groups attached to an aromatic ring is 1. The van der Waals surface area contributed by atoms with Gasteiger partial charge in [-0.1, -0.05) is 29.8 Å². The summed E-state index contributed by atoms with van der Waals surface area (Å²) in [6.07, 6.45) is 0. The summed E-state index contributed by atoms with van der Waals surface area (Å²) in [7, 11) is 0. The third-order valence-corrected chi connectivity index (χ3v) is 3.43. The molecule has 0 bridgehead atoms. The van der Waals surface area contributed by atoms with Crippen LogP contribution in [0.4, 0.5) is 5.69 Å². The topological polar surface area (TPSA) is 75.4 Å². The second-order valence-electron chi connectivity index (χ2n) is 4.67. The van der Waals surface area contributed by atoms with E-state index < -0.39 is 0 Å². The van der Waals surface area contributed by atoms with Crippen molar-refractivity contribution in [2.75, 3.05) is 12.3 Å².